The normalized spacial score (nSPS) is 12.1. The van der Waals surface area contributed by atoms with Crippen LogP contribution in [0.5, 0.6) is 11.5 Å². The number of nitrogens with one attached hydrogen (secondary N) is 2. The molecule has 0 aromatic heterocycles. The van der Waals surface area contributed by atoms with Crippen molar-refractivity contribution in [2.75, 3.05) is 6.79 Å². The molecular weight excluding hydrogens is 340 g/mol. The van der Waals surface area contributed by atoms with Crippen LogP contribution in [-0.2, 0) is 0 Å². The molecule has 0 radical (unpaired) electrons. The Kier molecular flexibility index (Phi) is 5.14. The number of carbonyl (C=O) groups is 2. The average molecular weight is 358 g/mol. The third-order valence-electron chi connectivity index (χ3n) is 3.41. The number of ether oxygens (including phenoxy) is 2. The Morgan fingerprint density at radius 1 is 0.920 bits per heavy atom. The zero-order valence-corrected chi connectivity index (χ0v) is 14.7. The van der Waals surface area contributed by atoms with E-state index in [0.29, 0.717) is 27.9 Å². The van der Waals surface area contributed by atoms with Crippen LogP contribution in [0.4, 0.5) is 0 Å². The molecule has 2 N–H and O–H groups in total. The maximum absolute atomic E-state index is 12.1. The molecule has 3 rings (SSSR count). The van der Waals surface area contributed by atoms with Crippen molar-refractivity contribution in [3.8, 4) is 11.5 Å². The van der Waals surface area contributed by atoms with E-state index in [4.69, 9.17) is 9.47 Å². The number of amides is 2. The van der Waals surface area contributed by atoms with Gasteiger partial charge in [-0.1, -0.05) is 13.8 Å². The number of carbonyl (C=O) groups excluding carboxylic acids is 2. The standard InChI is InChI=1S/C18H18N2O4S/c1-11(2)25-14-6-3-12(4-7-14)17(21)19-20-18(22)13-5-8-15-16(9-13)24-10-23-15/h3-9,11H,10H2,1-2H3,(H,19,21)(H,20,22). The topological polar surface area (TPSA) is 76.7 Å². The zero-order chi connectivity index (χ0) is 17.8. The van der Waals surface area contributed by atoms with Gasteiger partial charge >= 0.3 is 0 Å². The lowest BCUT2D eigenvalue weighted by Crippen LogP contribution is -2.41. The number of hydrogen-bond acceptors (Lipinski definition) is 5. The molecule has 1 heterocycles. The fourth-order valence-electron chi connectivity index (χ4n) is 2.25. The van der Waals surface area contributed by atoms with Crippen molar-refractivity contribution in [2.45, 2.75) is 24.0 Å². The highest BCUT2D eigenvalue weighted by atomic mass is 32.2. The third kappa shape index (κ3) is 4.24. The Morgan fingerprint density at radius 3 is 2.20 bits per heavy atom. The summed E-state index contributed by atoms with van der Waals surface area (Å²) in [6.45, 7) is 4.36. The Balaban J connectivity index is 1.57. The first-order valence-electron chi connectivity index (χ1n) is 7.80. The van der Waals surface area contributed by atoms with Crippen LogP contribution >= 0.6 is 11.8 Å². The Bertz CT molecular complexity index is 790. The number of hydrogen-bond donors (Lipinski definition) is 2. The van der Waals surface area contributed by atoms with Crippen molar-refractivity contribution in [3.63, 3.8) is 0 Å². The smallest absolute Gasteiger partial charge is 0.269 e. The first-order valence-corrected chi connectivity index (χ1v) is 8.68. The molecule has 0 saturated carbocycles. The molecule has 0 spiro atoms. The molecule has 25 heavy (non-hydrogen) atoms. The molecule has 2 amide bonds. The molecule has 7 heteroatoms. The van der Waals surface area contributed by atoms with Gasteiger partial charge in [-0.05, 0) is 42.5 Å². The van der Waals surface area contributed by atoms with Gasteiger partial charge in [0, 0.05) is 21.3 Å². The molecule has 0 saturated heterocycles. The molecule has 1 aliphatic heterocycles. The van der Waals surface area contributed by atoms with Crippen molar-refractivity contribution >= 4 is 23.6 Å². The largest absolute Gasteiger partial charge is 0.454 e. The highest BCUT2D eigenvalue weighted by Gasteiger charge is 2.16. The lowest BCUT2D eigenvalue weighted by atomic mass is 10.2. The van der Waals surface area contributed by atoms with Crippen LogP contribution in [0.15, 0.2) is 47.4 Å². The first-order chi connectivity index (χ1) is 12.0. The summed E-state index contributed by atoms with van der Waals surface area (Å²) < 4.78 is 10.4. The van der Waals surface area contributed by atoms with Crippen LogP contribution in [0.3, 0.4) is 0 Å². The number of thioether (sulfide) groups is 1. The van der Waals surface area contributed by atoms with Gasteiger partial charge in [-0.2, -0.15) is 0 Å². The minimum Gasteiger partial charge on any atom is -0.454 e. The SMILES string of the molecule is CC(C)Sc1ccc(C(=O)NNC(=O)c2ccc3c(c2)OCO3)cc1. The van der Waals surface area contributed by atoms with Crippen molar-refractivity contribution in [1.29, 1.82) is 0 Å². The molecule has 0 aliphatic carbocycles. The summed E-state index contributed by atoms with van der Waals surface area (Å²) in [6, 6.07) is 12.1. The Hall–Kier alpha value is -2.67. The van der Waals surface area contributed by atoms with Crippen molar-refractivity contribution in [2.24, 2.45) is 0 Å². The van der Waals surface area contributed by atoms with Crippen molar-refractivity contribution < 1.29 is 19.1 Å². The molecular formula is C18H18N2O4S. The van der Waals surface area contributed by atoms with Gasteiger partial charge in [0.1, 0.15) is 0 Å². The van der Waals surface area contributed by atoms with Gasteiger partial charge in [-0.25, -0.2) is 0 Å². The Labute approximate surface area is 149 Å². The van der Waals surface area contributed by atoms with Crippen LogP contribution in [-0.4, -0.2) is 23.9 Å². The second-order valence-corrected chi connectivity index (χ2v) is 7.32. The fraction of sp³-hybridized carbons (Fsp3) is 0.222. The number of fused-ring (bicyclic) bond motifs is 1. The van der Waals surface area contributed by atoms with Gasteiger partial charge in [-0.3, -0.25) is 20.4 Å². The van der Waals surface area contributed by atoms with Crippen LogP contribution in [0.25, 0.3) is 0 Å². The molecule has 2 aromatic rings. The highest BCUT2D eigenvalue weighted by Crippen LogP contribution is 2.32. The monoisotopic (exact) mass is 358 g/mol. The number of rotatable bonds is 4. The number of benzene rings is 2. The average Bonchev–Trinajstić information content (AvgIpc) is 3.07. The van der Waals surface area contributed by atoms with E-state index in [-0.39, 0.29) is 12.7 Å². The van der Waals surface area contributed by atoms with Gasteiger partial charge in [0.15, 0.2) is 11.5 Å². The third-order valence-corrected chi connectivity index (χ3v) is 4.43. The van der Waals surface area contributed by atoms with E-state index in [1.165, 1.54) is 0 Å². The predicted molar refractivity (Wildman–Crippen MR) is 94.9 cm³/mol. The highest BCUT2D eigenvalue weighted by molar-refractivity contribution is 7.99. The summed E-state index contributed by atoms with van der Waals surface area (Å²) in [4.78, 5) is 25.3. The van der Waals surface area contributed by atoms with Gasteiger partial charge in [0.05, 0.1) is 0 Å². The molecule has 0 unspecified atom stereocenters. The van der Waals surface area contributed by atoms with Crippen LogP contribution in [0, 0.1) is 0 Å². The minimum absolute atomic E-state index is 0.141. The van der Waals surface area contributed by atoms with E-state index in [1.807, 2.05) is 12.1 Å². The first kappa shape index (κ1) is 17.2. The van der Waals surface area contributed by atoms with Gasteiger partial charge in [-0.15, -0.1) is 11.8 Å². The number of hydrazine groups is 1. The minimum atomic E-state index is -0.432. The maximum Gasteiger partial charge on any atom is 0.269 e. The fourth-order valence-corrected chi connectivity index (χ4v) is 3.09. The van der Waals surface area contributed by atoms with Gasteiger partial charge in [0.25, 0.3) is 11.8 Å². The maximum atomic E-state index is 12.1. The van der Waals surface area contributed by atoms with Crippen molar-refractivity contribution in [1.82, 2.24) is 10.9 Å². The lowest BCUT2D eigenvalue weighted by Gasteiger charge is -2.09. The van der Waals surface area contributed by atoms with E-state index in [9.17, 15) is 9.59 Å². The van der Waals surface area contributed by atoms with Crippen LogP contribution in [0.2, 0.25) is 0 Å². The van der Waals surface area contributed by atoms with E-state index in [2.05, 4.69) is 24.7 Å². The van der Waals surface area contributed by atoms with Gasteiger partial charge < -0.3 is 9.47 Å². The van der Waals surface area contributed by atoms with E-state index in [1.54, 1.807) is 42.1 Å². The molecule has 0 bridgehead atoms. The predicted octanol–water partition coefficient (Wildman–Crippen LogP) is 2.99. The molecule has 0 atom stereocenters. The summed E-state index contributed by atoms with van der Waals surface area (Å²) >= 11 is 1.72. The zero-order valence-electron chi connectivity index (χ0n) is 13.9. The molecule has 2 aromatic carbocycles. The Morgan fingerprint density at radius 2 is 1.52 bits per heavy atom. The second-order valence-electron chi connectivity index (χ2n) is 5.67. The van der Waals surface area contributed by atoms with Crippen LogP contribution in [0.1, 0.15) is 34.6 Å². The lowest BCUT2D eigenvalue weighted by molar-refractivity contribution is 0.0846. The summed E-state index contributed by atoms with van der Waals surface area (Å²) in [7, 11) is 0. The summed E-state index contributed by atoms with van der Waals surface area (Å²) in [5.41, 5.74) is 5.64. The second kappa shape index (κ2) is 7.48. The van der Waals surface area contributed by atoms with Gasteiger partial charge in [0.2, 0.25) is 6.79 Å². The van der Waals surface area contributed by atoms with Crippen molar-refractivity contribution in [3.05, 3.63) is 53.6 Å². The quantitative estimate of drug-likeness (QED) is 0.649. The summed E-state index contributed by atoms with van der Waals surface area (Å²) in [5.74, 6) is 0.297. The van der Waals surface area contributed by atoms with E-state index < -0.39 is 5.91 Å². The summed E-state index contributed by atoms with van der Waals surface area (Å²) in [6.07, 6.45) is 0. The van der Waals surface area contributed by atoms with Crippen LogP contribution < -0.4 is 20.3 Å². The van der Waals surface area contributed by atoms with E-state index in [0.717, 1.165) is 4.90 Å². The molecule has 1 aliphatic rings. The molecule has 6 nitrogen and oxygen atoms in total. The van der Waals surface area contributed by atoms with E-state index >= 15 is 0 Å². The molecule has 130 valence electrons. The molecule has 0 fully saturated rings. The summed E-state index contributed by atoms with van der Waals surface area (Å²) in [5, 5.41) is 0.473.